The molecule has 1 amide bonds. The van der Waals surface area contributed by atoms with Crippen LogP contribution < -0.4 is 0 Å². The lowest BCUT2D eigenvalue weighted by Crippen LogP contribution is -2.46. The minimum absolute atomic E-state index is 0.0255. The molecule has 0 saturated carbocycles. The maximum atomic E-state index is 12.8. The molecule has 0 unspecified atom stereocenters. The van der Waals surface area contributed by atoms with Gasteiger partial charge in [0.15, 0.2) is 5.82 Å². The predicted octanol–water partition coefficient (Wildman–Crippen LogP) is 1.80. The molecule has 3 aromatic rings. The molecule has 0 bridgehead atoms. The Labute approximate surface area is 165 Å². The van der Waals surface area contributed by atoms with Crippen molar-refractivity contribution >= 4 is 11.7 Å². The van der Waals surface area contributed by atoms with Crippen LogP contribution in [0.5, 0.6) is 0 Å². The molecule has 28 heavy (non-hydrogen) atoms. The molecule has 1 aromatic carbocycles. The Hall–Kier alpha value is -2.80. The fourth-order valence-corrected chi connectivity index (χ4v) is 3.89. The number of carbonyl (C=O) groups is 1. The molecule has 1 atom stereocenters. The highest BCUT2D eigenvalue weighted by Gasteiger charge is 2.26. The average molecular weight is 378 g/mol. The van der Waals surface area contributed by atoms with Gasteiger partial charge >= 0.3 is 0 Å². The van der Waals surface area contributed by atoms with E-state index in [1.54, 1.807) is 9.42 Å². The summed E-state index contributed by atoms with van der Waals surface area (Å²) in [5, 5.41) is 4.45. The third-order valence-electron chi connectivity index (χ3n) is 5.50. The fourth-order valence-electron chi connectivity index (χ4n) is 3.89. The Morgan fingerprint density at radius 1 is 1.21 bits per heavy atom. The van der Waals surface area contributed by atoms with Crippen molar-refractivity contribution in [2.45, 2.75) is 39.3 Å². The number of amides is 1. The highest BCUT2D eigenvalue weighted by atomic mass is 16.2. The Bertz CT molecular complexity index is 1030. The molecular weight excluding hydrogens is 352 g/mol. The third-order valence-corrected chi connectivity index (χ3v) is 5.50. The van der Waals surface area contributed by atoms with E-state index in [4.69, 9.17) is 0 Å². The van der Waals surface area contributed by atoms with Crippen LogP contribution in [-0.2, 0) is 24.2 Å². The molecule has 0 aliphatic carbocycles. The van der Waals surface area contributed by atoms with Crippen molar-refractivity contribution in [1.29, 1.82) is 0 Å². The second-order valence-corrected chi connectivity index (χ2v) is 7.77. The first kappa shape index (κ1) is 18.6. The van der Waals surface area contributed by atoms with Crippen LogP contribution in [0.4, 0.5) is 0 Å². The molecule has 7 nitrogen and oxygen atoms in total. The molecule has 1 aliphatic heterocycles. The van der Waals surface area contributed by atoms with Gasteiger partial charge in [-0.25, -0.2) is 9.50 Å². The van der Waals surface area contributed by atoms with Crippen molar-refractivity contribution in [2.24, 2.45) is 0 Å². The van der Waals surface area contributed by atoms with Gasteiger partial charge in [-0.2, -0.15) is 4.98 Å². The van der Waals surface area contributed by atoms with E-state index in [1.165, 1.54) is 11.1 Å². The lowest BCUT2D eigenvalue weighted by Gasteiger charge is -2.36. The van der Waals surface area contributed by atoms with Gasteiger partial charge in [-0.05, 0) is 44.5 Å². The summed E-state index contributed by atoms with van der Waals surface area (Å²) >= 11 is 0. The molecule has 0 N–H and O–H groups in total. The molecule has 0 radical (unpaired) electrons. The Morgan fingerprint density at radius 3 is 2.75 bits per heavy atom. The summed E-state index contributed by atoms with van der Waals surface area (Å²) in [5.74, 6) is 1.09. The van der Waals surface area contributed by atoms with Crippen LogP contribution in [-0.4, -0.2) is 62.0 Å². The van der Waals surface area contributed by atoms with Gasteiger partial charge in [0.1, 0.15) is 0 Å². The van der Waals surface area contributed by atoms with Gasteiger partial charge in [0, 0.05) is 37.6 Å². The number of aromatic nitrogens is 4. The normalized spacial score (nSPS) is 16.9. The molecule has 1 aliphatic rings. The first-order chi connectivity index (χ1) is 13.4. The third kappa shape index (κ3) is 3.62. The molecule has 3 heterocycles. The molecule has 0 saturated heterocycles. The number of rotatable bonds is 4. The summed E-state index contributed by atoms with van der Waals surface area (Å²) in [6.07, 6.45) is 1.14. The predicted molar refractivity (Wildman–Crippen MR) is 107 cm³/mol. The van der Waals surface area contributed by atoms with Crippen LogP contribution in [0.3, 0.4) is 0 Å². The summed E-state index contributed by atoms with van der Waals surface area (Å²) in [6.45, 7) is 5.50. The Kier molecular flexibility index (Phi) is 4.85. The SMILES string of the molecule is Cc1cc(C)n2nc(CC(=O)N(C)C[C@H]3Cc4ccccc4CN3C)nc2n1. The van der Waals surface area contributed by atoms with Crippen LogP contribution in [0, 0.1) is 13.8 Å². The van der Waals surface area contributed by atoms with E-state index >= 15 is 0 Å². The second-order valence-electron chi connectivity index (χ2n) is 7.77. The lowest BCUT2D eigenvalue weighted by atomic mass is 9.94. The van der Waals surface area contributed by atoms with Gasteiger partial charge in [-0.15, -0.1) is 5.10 Å². The van der Waals surface area contributed by atoms with Crippen molar-refractivity contribution in [3.05, 3.63) is 58.7 Å². The van der Waals surface area contributed by atoms with Crippen LogP contribution >= 0.6 is 0 Å². The summed E-state index contributed by atoms with van der Waals surface area (Å²) in [7, 11) is 3.99. The second kappa shape index (κ2) is 7.31. The van der Waals surface area contributed by atoms with Gasteiger partial charge in [0.25, 0.3) is 5.78 Å². The largest absolute Gasteiger partial charge is 0.344 e. The number of carbonyl (C=O) groups excluding carboxylic acids is 1. The van der Waals surface area contributed by atoms with Crippen molar-refractivity contribution in [2.75, 3.05) is 20.6 Å². The highest BCUT2D eigenvalue weighted by Crippen LogP contribution is 2.22. The van der Waals surface area contributed by atoms with E-state index in [-0.39, 0.29) is 12.3 Å². The molecule has 0 fully saturated rings. The number of hydrogen-bond donors (Lipinski definition) is 0. The number of hydrogen-bond acceptors (Lipinski definition) is 5. The van der Waals surface area contributed by atoms with Crippen molar-refractivity contribution < 1.29 is 4.79 Å². The first-order valence-corrected chi connectivity index (χ1v) is 9.61. The lowest BCUT2D eigenvalue weighted by molar-refractivity contribution is -0.130. The van der Waals surface area contributed by atoms with Crippen LogP contribution in [0.2, 0.25) is 0 Å². The zero-order valence-corrected chi connectivity index (χ0v) is 16.9. The standard InChI is InChI=1S/C21H26N6O/c1-14-9-15(2)27-21(22-14)23-19(24-27)11-20(28)26(4)13-18-10-16-7-5-6-8-17(16)12-25(18)3/h5-9,18H,10-13H2,1-4H3/t18-/m1/s1. The molecule has 0 spiro atoms. The van der Waals surface area contributed by atoms with Gasteiger partial charge in [0.2, 0.25) is 5.91 Å². The van der Waals surface area contributed by atoms with E-state index in [2.05, 4.69) is 51.3 Å². The fraction of sp³-hybridized carbons (Fsp3) is 0.429. The number of nitrogens with zero attached hydrogens (tertiary/aromatic N) is 6. The maximum absolute atomic E-state index is 12.8. The van der Waals surface area contributed by atoms with Crippen LogP contribution in [0.25, 0.3) is 5.78 Å². The quantitative estimate of drug-likeness (QED) is 0.693. The van der Waals surface area contributed by atoms with Gasteiger partial charge in [0.05, 0.1) is 6.42 Å². The van der Waals surface area contributed by atoms with Gasteiger partial charge < -0.3 is 4.90 Å². The summed E-state index contributed by atoms with van der Waals surface area (Å²) in [6, 6.07) is 10.8. The average Bonchev–Trinajstić information content (AvgIpc) is 3.04. The molecular formula is C21H26N6O. The Morgan fingerprint density at radius 2 is 1.96 bits per heavy atom. The van der Waals surface area contributed by atoms with E-state index in [0.717, 1.165) is 24.4 Å². The number of aryl methyl sites for hydroxylation is 2. The summed E-state index contributed by atoms with van der Waals surface area (Å²) in [4.78, 5) is 25.7. The molecule has 4 rings (SSSR count). The van der Waals surface area contributed by atoms with E-state index in [1.807, 2.05) is 27.0 Å². The zero-order chi connectivity index (χ0) is 19.8. The minimum Gasteiger partial charge on any atom is -0.344 e. The molecule has 146 valence electrons. The maximum Gasteiger partial charge on any atom is 0.252 e. The van der Waals surface area contributed by atoms with E-state index in [9.17, 15) is 4.79 Å². The topological polar surface area (TPSA) is 66.6 Å². The van der Waals surface area contributed by atoms with Crippen molar-refractivity contribution in [3.63, 3.8) is 0 Å². The van der Waals surface area contributed by atoms with E-state index in [0.29, 0.717) is 24.2 Å². The zero-order valence-electron chi connectivity index (χ0n) is 16.9. The van der Waals surface area contributed by atoms with Crippen molar-refractivity contribution in [3.8, 4) is 0 Å². The minimum atomic E-state index is 0.0255. The smallest absolute Gasteiger partial charge is 0.252 e. The van der Waals surface area contributed by atoms with E-state index < -0.39 is 0 Å². The van der Waals surface area contributed by atoms with Crippen molar-refractivity contribution in [1.82, 2.24) is 29.4 Å². The first-order valence-electron chi connectivity index (χ1n) is 9.61. The van der Waals surface area contributed by atoms with Gasteiger partial charge in [-0.3, -0.25) is 9.69 Å². The van der Waals surface area contributed by atoms with Gasteiger partial charge in [-0.1, -0.05) is 24.3 Å². The molecule has 7 heteroatoms. The van der Waals surface area contributed by atoms with Crippen LogP contribution in [0.15, 0.2) is 30.3 Å². The monoisotopic (exact) mass is 378 g/mol. The number of likely N-dealkylation sites (N-methyl/N-ethyl adjacent to an activating group) is 2. The summed E-state index contributed by atoms with van der Waals surface area (Å²) < 4.78 is 1.70. The number of fused-ring (bicyclic) bond motifs is 2. The van der Waals surface area contributed by atoms with Crippen LogP contribution in [0.1, 0.15) is 28.3 Å². The number of benzene rings is 1. The highest BCUT2D eigenvalue weighted by molar-refractivity contribution is 5.77. The summed E-state index contributed by atoms with van der Waals surface area (Å²) in [5.41, 5.74) is 4.62. The molecule has 2 aromatic heterocycles. The Balaban J connectivity index is 1.43.